The molecule has 1 aromatic rings. The Bertz CT molecular complexity index is 697. The Morgan fingerprint density at radius 2 is 1.70 bits per heavy atom. The van der Waals surface area contributed by atoms with Gasteiger partial charge in [0.2, 0.25) is 0 Å². The largest absolute Gasteiger partial charge is 0.441 e. The zero-order valence-corrected chi connectivity index (χ0v) is 12.8. The maximum atomic E-state index is 13.2. The summed E-state index contributed by atoms with van der Waals surface area (Å²) in [5.74, 6) is -3.17. The lowest BCUT2D eigenvalue weighted by Gasteiger charge is -2.26. The molecule has 0 aromatic heterocycles. The van der Waals surface area contributed by atoms with E-state index in [0.717, 1.165) is 12.1 Å². The van der Waals surface area contributed by atoms with E-state index in [-0.39, 0.29) is 4.47 Å². The number of hydrogen-bond donors (Lipinski definition) is 1. The quantitative estimate of drug-likeness (QED) is 0.450. The van der Waals surface area contributed by atoms with Gasteiger partial charge in [-0.25, -0.2) is 9.18 Å². The topological polar surface area (TPSA) is 80.7 Å². The van der Waals surface area contributed by atoms with Gasteiger partial charge >= 0.3 is 27.5 Å². The molecular weight excluding hydrogens is 426 g/mol. The molecule has 0 spiro atoms. The maximum Gasteiger partial charge on any atom is 0.432 e. The second-order valence-corrected chi connectivity index (χ2v) is 6.43. The van der Waals surface area contributed by atoms with Crippen molar-refractivity contribution >= 4 is 32.0 Å². The van der Waals surface area contributed by atoms with Crippen molar-refractivity contribution < 1.29 is 48.8 Å². The van der Waals surface area contributed by atoms with Crippen molar-refractivity contribution in [3.8, 4) is 0 Å². The molecule has 0 aliphatic rings. The normalized spacial score (nSPS) is 14.4. The van der Waals surface area contributed by atoms with Gasteiger partial charge in [-0.2, -0.15) is 30.4 Å². The van der Waals surface area contributed by atoms with Gasteiger partial charge < -0.3 is 4.74 Å². The number of hydrogen-bond acceptors (Lipinski definition) is 4. The van der Waals surface area contributed by atoms with Crippen molar-refractivity contribution in [1.82, 2.24) is 0 Å². The minimum Gasteiger partial charge on any atom is -0.441 e. The highest BCUT2D eigenvalue weighted by molar-refractivity contribution is 9.10. The average molecular weight is 431 g/mol. The molecule has 0 saturated carbocycles. The first-order valence-electron chi connectivity index (χ1n) is 5.25. The number of rotatable bonds is 4. The molecule has 0 fully saturated rings. The van der Waals surface area contributed by atoms with Crippen LogP contribution in [0.1, 0.15) is 10.4 Å². The van der Waals surface area contributed by atoms with Crippen molar-refractivity contribution in [3.63, 3.8) is 0 Å². The van der Waals surface area contributed by atoms with E-state index >= 15 is 0 Å². The highest BCUT2D eigenvalue weighted by atomic mass is 79.9. The lowest BCUT2D eigenvalue weighted by molar-refractivity contribution is -0.248. The highest BCUT2D eigenvalue weighted by Crippen LogP contribution is 2.38. The predicted octanol–water partition coefficient (Wildman–Crippen LogP) is 3.16. The van der Waals surface area contributed by atoms with Crippen LogP contribution < -0.4 is 0 Å². The molecule has 0 amide bonds. The van der Waals surface area contributed by atoms with Gasteiger partial charge in [-0.15, -0.1) is 0 Å². The number of alkyl halides is 5. The highest BCUT2D eigenvalue weighted by Gasteiger charge is 2.66. The van der Waals surface area contributed by atoms with Gasteiger partial charge in [0, 0.05) is 4.47 Å². The molecule has 23 heavy (non-hydrogen) atoms. The van der Waals surface area contributed by atoms with E-state index in [2.05, 4.69) is 20.7 Å². The Morgan fingerprint density at radius 3 is 2.09 bits per heavy atom. The molecular formula is C10H5BrF6O5S. The number of halogens is 7. The summed E-state index contributed by atoms with van der Waals surface area (Å²) in [6.45, 7) is 0. The minimum absolute atomic E-state index is 0.116. The molecule has 1 unspecified atom stereocenters. The van der Waals surface area contributed by atoms with Crippen molar-refractivity contribution in [3.05, 3.63) is 34.1 Å². The zero-order chi connectivity index (χ0) is 18.2. The second-order valence-electron chi connectivity index (χ2n) is 4.02. The molecule has 0 bridgehead atoms. The summed E-state index contributed by atoms with van der Waals surface area (Å²) in [5, 5.41) is -5.86. The van der Waals surface area contributed by atoms with Crippen LogP contribution in [0, 0.1) is 5.82 Å². The number of esters is 1. The third-order valence-corrected chi connectivity index (χ3v) is 3.63. The summed E-state index contributed by atoms with van der Waals surface area (Å²) in [6.07, 6.45) is -10.5. The van der Waals surface area contributed by atoms with Gasteiger partial charge in [0.05, 0.1) is 5.56 Å². The third kappa shape index (κ3) is 4.57. The first-order valence-corrected chi connectivity index (χ1v) is 7.48. The molecule has 1 rings (SSSR count). The molecule has 130 valence electrons. The summed E-state index contributed by atoms with van der Waals surface area (Å²) >= 11 is 2.70. The molecule has 0 saturated heterocycles. The Kier molecular flexibility index (Phi) is 5.38. The molecule has 1 aromatic carbocycles. The standard InChI is InChI=1S/C10H5BrF6O5S/c11-5-1-4(2-6(12)3-5)7(18)22-8(9(13,14)15)10(16,17)23(19,20)21/h1-3,8H,(H,19,20,21). The Balaban J connectivity index is 3.25. The lowest BCUT2D eigenvalue weighted by Crippen LogP contribution is -2.52. The van der Waals surface area contributed by atoms with Crippen molar-refractivity contribution in [2.24, 2.45) is 0 Å². The van der Waals surface area contributed by atoms with Crippen LogP contribution >= 0.6 is 15.9 Å². The van der Waals surface area contributed by atoms with Gasteiger partial charge in [0.25, 0.3) is 6.10 Å². The van der Waals surface area contributed by atoms with E-state index in [1.54, 1.807) is 0 Å². The average Bonchev–Trinajstić information content (AvgIpc) is 2.31. The van der Waals surface area contributed by atoms with Crippen LogP contribution in [0.3, 0.4) is 0 Å². The van der Waals surface area contributed by atoms with Crippen LogP contribution in [0.5, 0.6) is 0 Å². The fourth-order valence-electron chi connectivity index (χ4n) is 1.31. The Labute approximate surface area is 133 Å². The first-order chi connectivity index (χ1) is 10.2. The summed E-state index contributed by atoms with van der Waals surface area (Å²) < 4.78 is 110. The monoisotopic (exact) mass is 430 g/mol. The van der Waals surface area contributed by atoms with E-state index in [0.29, 0.717) is 6.07 Å². The third-order valence-electron chi connectivity index (χ3n) is 2.27. The van der Waals surface area contributed by atoms with Gasteiger partial charge in [0.15, 0.2) is 0 Å². The fraction of sp³-hybridized carbons (Fsp3) is 0.300. The number of carbonyl (C=O) groups excluding carboxylic acids is 1. The fourth-order valence-corrected chi connectivity index (χ4v) is 2.23. The summed E-state index contributed by atoms with van der Waals surface area (Å²) in [6, 6.07) is 1.95. The van der Waals surface area contributed by atoms with Crippen LogP contribution in [-0.4, -0.2) is 36.5 Å². The number of carbonyl (C=O) groups is 1. The van der Waals surface area contributed by atoms with Crippen LogP contribution in [0.25, 0.3) is 0 Å². The SMILES string of the molecule is O=C(OC(C(F)(F)F)C(F)(F)S(=O)(=O)O)c1cc(F)cc(Br)c1. The molecule has 0 aliphatic carbocycles. The van der Waals surface area contributed by atoms with Gasteiger partial charge in [-0.1, -0.05) is 15.9 Å². The van der Waals surface area contributed by atoms with Crippen LogP contribution in [0.2, 0.25) is 0 Å². The zero-order valence-electron chi connectivity index (χ0n) is 10.4. The van der Waals surface area contributed by atoms with Crippen molar-refractivity contribution in [2.45, 2.75) is 17.5 Å². The van der Waals surface area contributed by atoms with E-state index in [4.69, 9.17) is 4.55 Å². The Hall–Kier alpha value is -1.34. The molecule has 1 atom stereocenters. The van der Waals surface area contributed by atoms with Crippen molar-refractivity contribution in [1.29, 1.82) is 0 Å². The molecule has 0 radical (unpaired) electrons. The van der Waals surface area contributed by atoms with E-state index in [1.165, 1.54) is 0 Å². The van der Waals surface area contributed by atoms with Crippen molar-refractivity contribution in [2.75, 3.05) is 0 Å². The van der Waals surface area contributed by atoms with Gasteiger partial charge in [0.1, 0.15) is 5.82 Å². The second kappa shape index (κ2) is 6.28. The summed E-state index contributed by atoms with van der Waals surface area (Å²) in [7, 11) is -6.54. The number of ether oxygens (including phenoxy) is 1. The first kappa shape index (κ1) is 19.7. The van der Waals surface area contributed by atoms with Gasteiger partial charge in [-0.3, -0.25) is 4.55 Å². The molecule has 0 heterocycles. The summed E-state index contributed by atoms with van der Waals surface area (Å²) in [4.78, 5) is 11.5. The van der Waals surface area contributed by atoms with E-state index < -0.39 is 45.0 Å². The predicted molar refractivity (Wildman–Crippen MR) is 65.9 cm³/mol. The van der Waals surface area contributed by atoms with Crippen LogP contribution in [0.15, 0.2) is 22.7 Å². The molecule has 1 N–H and O–H groups in total. The summed E-state index contributed by atoms with van der Waals surface area (Å²) in [5.41, 5.74) is -0.891. The van der Waals surface area contributed by atoms with Gasteiger partial charge in [-0.05, 0) is 18.2 Å². The molecule has 13 heteroatoms. The smallest absolute Gasteiger partial charge is 0.432 e. The molecule has 0 aliphatic heterocycles. The number of benzene rings is 1. The minimum atomic E-state index is -6.54. The maximum absolute atomic E-state index is 13.2. The lowest BCUT2D eigenvalue weighted by atomic mass is 10.2. The van der Waals surface area contributed by atoms with E-state index in [9.17, 15) is 39.6 Å². The van der Waals surface area contributed by atoms with E-state index in [1.807, 2.05) is 0 Å². The van der Waals surface area contributed by atoms with Crippen LogP contribution in [0.4, 0.5) is 26.3 Å². The Morgan fingerprint density at radius 1 is 1.17 bits per heavy atom. The van der Waals surface area contributed by atoms with Crippen LogP contribution in [-0.2, 0) is 14.9 Å². The molecule has 5 nitrogen and oxygen atoms in total.